The van der Waals surface area contributed by atoms with Crippen molar-refractivity contribution in [2.75, 3.05) is 12.0 Å². The maximum atomic E-state index is 13.7. The molecule has 14 N–H and O–H groups in total. The third-order valence-corrected chi connectivity index (χ3v) is 11.4. The van der Waals surface area contributed by atoms with Crippen LogP contribution in [0.2, 0.25) is 0 Å². The second-order valence-corrected chi connectivity index (χ2v) is 16.9. The van der Waals surface area contributed by atoms with Crippen LogP contribution in [0.1, 0.15) is 89.6 Å². The second-order valence-electron chi connectivity index (χ2n) is 16.9. The molecule has 0 aliphatic rings. The number of benzene rings is 3. The van der Waals surface area contributed by atoms with Gasteiger partial charge in [-0.1, -0.05) is 54.6 Å². The Hall–Kier alpha value is -9.00. The number of unbranched alkanes of at least 4 members (excludes halogenated alkanes) is 1. The van der Waals surface area contributed by atoms with Crippen LogP contribution in [0.3, 0.4) is 0 Å². The van der Waals surface area contributed by atoms with Crippen molar-refractivity contribution in [3.8, 4) is 0 Å². The van der Waals surface area contributed by atoms with Crippen LogP contribution >= 0.6 is 0 Å². The Morgan fingerprint density at radius 1 is 0.541 bits per heavy atom. The molecule has 5 atom stereocenters. The molecule has 6 amide bonds. The van der Waals surface area contributed by atoms with Gasteiger partial charge in [0.15, 0.2) is 5.78 Å². The number of ketones is 1. The van der Waals surface area contributed by atoms with E-state index >= 15 is 0 Å². The zero-order valence-electron chi connectivity index (χ0n) is 39.7. The molecule has 0 saturated heterocycles. The Morgan fingerprint density at radius 2 is 1.12 bits per heavy atom. The zero-order valence-corrected chi connectivity index (χ0v) is 39.7. The number of urea groups is 1. The van der Waals surface area contributed by atoms with Crippen molar-refractivity contribution in [2.24, 2.45) is 11.8 Å². The molecule has 1 aromatic heterocycles. The van der Waals surface area contributed by atoms with E-state index in [1.54, 1.807) is 0 Å². The van der Waals surface area contributed by atoms with E-state index in [1.165, 1.54) is 36.4 Å². The summed E-state index contributed by atoms with van der Waals surface area (Å²) in [4.78, 5) is 141. The number of nitrogens with one attached hydrogen (secondary N) is 7. The lowest BCUT2D eigenvalue weighted by atomic mass is 9.92. The van der Waals surface area contributed by atoms with Crippen molar-refractivity contribution < 1.29 is 78.3 Å². The Balaban J connectivity index is 1.37. The molecule has 1 heterocycles. The van der Waals surface area contributed by atoms with E-state index in [0.29, 0.717) is 11.1 Å². The maximum absolute atomic E-state index is 13.7. The largest absolute Gasteiger partial charge is 0.481 e. The third kappa shape index (κ3) is 19.3. The van der Waals surface area contributed by atoms with Gasteiger partial charge in [0.05, 0.1) is 23.9 Å². The van der Waals surface area contributed by atoms with Gasteiger partial charge in [0, 0.05) is 50.5 Å². The van der Waals surface area contributed by atoms with Crippen LogP contribution in [0.5, 0.6) is 0 Å². The van der Waals surface area contributed by atoms with Crippen molar-refractivity contribution in [2.45, 2.75) is 94.9 Å². The first kappa shape index (κ1) is 57.6. The van der Waals surface area contributed by atoms with Gasteiger partial charge in [-0.05, 0) is 78.3 Å². The molecule has 0 radical (unpaired) electrons. The monoisotopic (exact) mass is 1030 g/mol. The number of nitrogens with zero attached hydrogens (tertiary/aromatic N) is 1. The molecule has 4 aromatic rings. The molecule has 0 saturated carbocycles. The number of Topliss-reactive ketones (excluding diaryl/α,β-unsaturated/α-hetero) is 1. The summed E-state index contributed by atoms with van der Waals surface area (Å²) in [6.07, 6.45) is -1.81. The summed E-state index contributed by atoms with van der Waals surface area (Å²) in [7, 11) is 0. The molecule has 4 rings (SSSR count). The number of nitrogen functional groups attached to an aromatic ring is 1. The highest BCUT2D eigenvalue weighted by atomic mass is 16.4. The highest BCUT2D eigenvalue weighted by Gasteiger charge is 2.31. The fraction of sp³-hybridized carbons (Fsp3) is 0.347. The highest BCUT2D eigenvalue weighted by Crippen LogP contribution is 2.19. The smallest absolute Gasteiger partial charge is 0.326 e. The van der Waals surface area contributed by atoms with Crippen molar-refractivity contribution in [3.63, 3.8) is 0 Å². The van der Waals surface area contributed by atoms with Crippen LogP contribution < -0.4 is 43.2 Å². The summed E-state index contributed by atoms with van der Waals surface area (Å²) >= 11 is 0. The molecule has 0 spiro atoms. The number of hydrazine groups is 1. The van der Waals surface area contributed by atoms with E-state index in [2.05, 4.69) is 42.3 Å². The van der Waals surface area contributed by atoms with Crippen molar-refractivity contribution in [1.82, 2.24) is 36.9 Å². The van der Waals surface area contributed by atoms with Crippen LogP contribution in [-0.2, 0) is 51.3 Å². The predicted molar refractivity (Wildman–Crippen MR) is 261 cm³/mol. The number of anilines is 1. The Kier molecular flexibility index (Phi) is 22.4. The molecular formula is C49H57N9O16. The van der Waals surface area contributed by atoms with E-state index in [9.17, 15) is 73.2 Å². The number of hydrogen-bond donors (Lipinski definition) is 13. The summed E-state index contributed by atoms with van der Waals surface area (Å²) in [6, 6.07) is 15.0. The standard InChI is InChI=1S/C49H57N9O16/c50-58-39-17-14-32(26-52-39)45(68)54-34(15-18-40(60)61)38(59)23-33(24-42(64)65)43(66)53-25-27-8-12-30(13-9-27)44(67)55-37(22-28-10-11-29-5-1-2-6-31(29)21-28)46(69)51-20-4-3-7-35(47(70)71)56-49(74)57-36(48(72)73)16-19-41(62)63/h1-2,5-6,8-14,17,21,26,33-37H,3-4,7,15-16,18-20,22-25,50H2,(H,51,69)(H,52,58)(H,53,66)(H,54,68)(H,55,67)(H,60,61)(H,62,63)(H,64,65)(H,70,71)(H,72,73)(H2,56,57,74). The normalized spacial score (nSPS) is 12.8. The van der Waals surface area contributed by atoms with Crippen LogP contribution in [0.4, 0.5) is 10.6 Å². The number of carboxylic acids is 5. The summed E-state index contributed by atoms with van der Waals surface area (Å²) in [5, 5.41) is 63.2. The molecule has 0 aliphatic carbocycles. The lowest BCUT2D eigenvalue weighted by Gasteiger charge is -2.20. The molecule has 0 aliphatic heterocycles. The number of carboxylic acid groups (broad SMARTS) is 5. The first-order valence-electron chi connectivity index (χ1n) is 23.1. The number of rotatable bonds is 31. The van der Waals surface area contributed by atoms with E-state index in [1.807, 2.05) is 42.5 Å². The Morgan fingerprint density at radius 3 is 1.72 bits per heavy atom. The molecule has 3 aromatic carbocycles. The Bertz CT molecular complexity index is 2680. The van der Waals surface area contributed by atoms with Gasteiger partial charge >= 0.3 is 35.9 Å². The lowest BCUT2D eigenvalue weighted by Crippen LogP contribution is -2.51. The Labute approximate surface area is 422 Å². The minimum Gasteiger partial charge on any atom is -0.481 e. The fourth-order valence-electron chi connectivity index (χ4n) is 7.40. The second kappa shape index (κ2) is 28.7. The number of amides is 6. The van der Waals surface area contributed by atoms with Gasteiger partial charge in [-0.15, -0.1) is 0 Å². The topological polar surface area (TPSA) is 412 Å². The average molecular weight is 1030 g/mol. The van der Waals surface area contributed by atoms with Crippen molar-refractivity contribution in [3.05, 3.63) is 107 Å². The summed E-state index contributed by atoms with van der Waals surface area (Å²) in [6.45, 7) is -0.142. The van der Waals surface area contributed by atoms with Crippen LogP contribution in [0, 0.1) is 5.92 Å². The fourth-order valence-corrected chi connectivity index (χ4v) is 7.40. The number of carbonyl (C=O) groups is 11. The van der Waals surface area contributed by atoms with Gasteiger partial charge in [-0.25, -0.2) is 25.2 Å². The maximum Gasteiger partial charge on any atom is 0.326 e. The average Bonchev–Trinajstić information content (AvgIpc) is 3.36. The van der Waals surface area contributed by atoms with Gasteiger partial charge in [0.1, 0.15) is 23.9 Å². The summed E-state index contributed by atoms with van der Waals surface area (Å²) < 4.78 is 0. The summed E-state index contributed by atoms with van der Waals surface area (Å²) in [5.74, 6) is -6.37. The van der Waals surface area contributed by atoms with Gasteiger partial charge in [-0.2, -0.15) is 0 Å². The van der Waals surface area contributed by atoms with Gasteiger partial charge < -0.3 is 62.9 Å². The number of carbonyl (C=O) groups excluding carboxylic acids is 6. The molecular weight excluding hydrogens is 971 g/mol. The SMILES string of the molecule is NNc1ccc(C(=O)NC(CCC(=O)O)C(=O)CC(CC(=O)O)C(=O)NCc2ccc(C(=O)NC(Cc3ccc4ccccc4c3)C(=O)NCCCCC(NC(=O)NC(CCC(=O)O)C(=O)O)C(=O)O)cc2)cn1. The molecule has 0 bridgehead atoms. The van der Waals surface area contributed by atoms with Gasteiger partial charge in [0.25, 0.3) is 11.8 Å². The van der Waals surface area contributed by atoms with Crippen molar-refractivity contribution >= 4 is 81.9 Å². The molecule has 25 nitrogen and oxygen atoms in total. The van der Waals surface area contributed by atoms with Crippen molar-refractivity contribution in [1.29, 1.82) is 0 Å². The van der Waals surface area contributed by atoms with E-state index in [4.69, 9.17) is 10.9 Å². The zero-order chi connectivity index (χ0) is 54.3. The third-order valence-electron chi connectivity index (χ3n) is 11.4. The quantitative estimate of drug-likeness (QED) is 0.0193. The summed E-state index contributed by atoms with van der Waals surface area (Å²) in [5.41, 5.74) is 3.60. The lowest BCUT2D eigenvalue weighted by molar-refractivity contribution is -0.142. The number of aromatic nitrogens is 1. The van der Waals surface area contributed by atoms with E-state index in [0.717, 1.165) is 17.0 Å². The molecule has 394 valence electrons. The molecule has 25 heteroatoms. The number of pyridine rings is 1. The molecule has 74 heavy (non-hydrogen) atoms. The van der Waals surface area contributed by atoms with Gasteiger partial charge in [0.2, 0.25) is 11.8 Å². The molecule has 5 unspecified atom stereocenters. The number of fused-ring (bicyclic) bond motifs is 1. The first-order valence-corrected chi connectivity index (χ1v) is 23.1. The van der Waals surface area contributed by atoms with E-state index < -0.39 is 127 Å². The minimum absolute atomic E-state index is 0.0129. The number of nitrogens with two attached hydrogens (primary N) is 1. The minimum atomic E-state index is -1.58. The number of hydrogen-bond acceptors (Lipinski definition) is 14. The molecule has 0 fully saturated rings. The van der Waals surface area contributed by atoms with Crippen LogP contribution in [0.15, 0.2) is 85.1 Å². The number of aliphatic carboxylic acids is 5. The highest BCUT2D eigenvalue weighted by molar-refractivity contribution is 6.00. The van der Waals surface area contributed by atoms with Gasteiger partial charge in [-0.3, -0.25) is 38.4 Å². The van der Waals surface area contributed by atoms with E-state index in [-0.39, 0.29) is 62.1 Å². The van der Waals surface area contributed by atoms with Crippen LogP contribution in [0.25, 0.3) is 10.8 Å². The van der Waals surface area contributed by atoms with Crippen LogP contribution in [-0.4, -0.2) is 127 Å². The first-order chi connectivity index (χ1) is 35.2. The predicted octanol–water partition coefficient (Wildman–Crippen LogP) is 1.55.